The van der Waals surface area contributed by atoms with Crippen LogP contribution in [-0.2, 0) is 4.74 Å². The summed E-state index contributed by atoms with van der Waals surface area (Å²) in [4.78, 5) is 14.8. The average Bonchev–Trinajstić information content (AvgIpc) is 3.48. The third-order valence-corrected chi connectivity index (χ3v) is 4.78. The quantitative estimate of drug-likeness (QED) is 0.589. The monoisotopic (exact) mass is 423 g/mol. The van der Waals surface area contributed by atoms with Gasteiger partial charge in [0.25, 0.3) is 0 Å². The van der Waals surface area contributed by atoms with E-state index >= 15 is 0 Å². The Morgan fingerprint density at radius 3 is 2.31 bits per heavy atom. The molecule has 2 aliphatic heterocycles. The number of β-amino-alcohol motifs (C(OH)–C–C–N with tert-alkyl or cyclic N) is 1. The average molecular weight is 424 g/mol. The summed E-state index contributed by atoms with van der Waals surface area (Å²) >= 11 is 1.67. The van der Waals surface area contributed by atoms with E-state index in [1.165, 1.54) is 28.8 Å². The van der Waals surface area contributed by atoms with Crippen LogP contribution in [-0.4, -0.2) is 60.2 Å². The van der Waals surface area contributed by atoms with E-state index in [4.69, 9.17) is 14.9 Å². The molecule has 0 radical (unpaired) electrons. The first kappa shape index (κ1) is 25.0. The van der Waals surface area contributed by atoms with Gasteiger partial charge in [-0.1, -0.05) is 29.8 Å². The smallest absolute Gasteiger partial charge is 0.404 e. The molecule has 1 amide bonds. The highest BCUT2D eigenvalue weighted by molar-refractivity contribution is 7.13. The number of aryl methyl sites for hydroxylation is 1. The molecule has 1 aromatic heterocycles. The molecule has 3 heterocycles. The Morgan fingerprint density at radius 2 is 2.00 bits per heavy atom. The molecule has 8 heteroatoms. The zero-order valence-electron chi connectivity index (χ0n) is 17.3. The number of benzene rings is 1. The van der Waals surface area contributed by atoms with Gasteiger partial charge in [-0.25, -0.2) is 4.79 Å². The highest BCUT2D eigenvalue weighted by Crippen LogP contribution is 2.22. The minimum atomic E-state index is -0.961. The maximum Gasteiger partial charge on any atom is 0.404 e. The maximum atomic E-state index is 9.49. The predicted octanol–water partition coefficient (Wildman–Crippen LogP) is 3.53. The molecule has 2 saturated heterocycles. The van der Waals surface area contributed by atoms with Gasteiger partial charge in [-0.2, -0.15) is 0 Å². The van der Waals surface area contributed by atoms with Crippen LogP contribution in [0, 0.1) is 6.92 Å². The van der Waals surface area contributed by atoms with Crippen molar-refractivity contribution in [2.24, 2.45) is 0 Å². The van der Waals surface area contributed by atoms with E-state index < -0.39 is 6.09 Å². The molecular weight excluding hydrogens is 390 g/mol. The Kier molecular flexibility index (Phi) is 13.7. The Hall–Kier alpha value is -2.00. The minimum absolute atomic E-state index is 0.0648. The highest BCUT2D eigenvalue weighted by atomic mass is 32.1. The van der Waals surface area contributed by atoms with Crippen molar-refractivity contribution in [2.45, 2.75) is 39.2 Å². The molecular formula is C21H33N3O4S. The van der Waals surface area contributed by atoms with Crippen LogP contribution in [0.25, 0.3) is 10.4 Å². The Bertz CT molecular complexity index is 633. The number of nitrogens with one attached hydrogen (secondary N) is 2. The second-order valence-electron chi connectivity index (χ2n) is 6.53. The minimum Gasteiger partial charge on any atom is -0.465 e. The van der Waals surface area contributed by atoms with Crippen molar-refractivity contribution in [3.8, 4) is 10.4 Å². The standard InChI is InChI=1S/C10H9NS.C4H9NO.C4H8O.C3H7NO2/c1-8-2-4-9(5-3-8)10-6-11-7-12-10;6-4-1-2-5-3-4;1-2-4-5-3-1;1-2-4-3(5)6/h2-7H,1H3;4-6H,1-3H2;1-4H2;4H,2H2,1H3,(H,5,6). The fraction of sp³-hybridized carbons (Fsp3) is 0.524. The Balaban J connectivity index is 0.000000210. The lowest BCUT2D eigenvalue weighted by Crippen LogP contribution is -2.19. The summed E-state index contributed by atoms with van der Waals surface area (Å²) in [5.74, 6) is 0. The molecule has 0 saturated carbocycles. The van der Waals surface area contributed by atoms with Gasteiger partial charge >= 0.3 is 6.09 Å². The molecule has 0 aliphatic carbocycles. The van der Waals surface area contributed by atoms with Crippen molar-refractivity contribution in [2.75, 3.05) is 32.8 Å². The van der Waals surface area contributed by atoms with Crippen LogP contribution < -0.4 is 10.6 Å². The molecule has 7 nitrogen and oxygen atoms in total. The molecule has 2 aliphatic rings. The molecule has 4 rings (SSSR count). The van der Waals surface area contributed by atoms with Crippen LogP contribution >= 0.6 is 11.3 Å². The third-order valence-electron chi connectivity index (χ3n) is 3.96. The van der Waals surface area contributed by atoms with Crippen molar-refractivity contribution in [1.82, 2.24) is 15.6 Å². The van der Waals surface area contributed by atoms with E-state index in [9.17, 15) is 4.79 Å². The number of aliphatic hydroxyl groups excluding tert-OH is 1. The zero-order valence-corrected chi connectivity index (χ0v) is 18.1. The Labute approximate surface area is 177 Å². The summed E-state index contributed by atoms with van der Waals surface area (Å²) in [5, 5.41) is 21.6. The number of aliphatic hydroxyl groups is 1. The first-order valence-corrected chi connectivity index (χ1v) is 10.8. The fourth-order valence-electron chi connectivity index (χ4n) is 2.38. The van der Waals surface area contributed by atoms with Crippen molar-refractivity contribution >= 4 is 17.4 Å². The van der Waals surface area contributed by atoms with Crippen LogP contribution in [0.4, 0.5) is 4.79 Å². The van der Waals surface area contributed by atoms with Gasteiger partial charge in [-0.3, -0.25) is 4.98 Å². The largest absolute Gasteiger partial charge is 0.465 e. The number of amides is 1. The van der Waals surface area contributed by atoms with Gasteiger partial charge in [-0.15, -0.1) is 11.3 Å². The summed E-state index contributed by atoms with van der Waals surface area (Å²) < 4.78 is 4.94. The van der Waals surface area contributed by atoms with Crippen LogP contribution in [0.3, 0.4) is 0 Å². The van der Waals surface area contributed by atoms with Crippen molar-refractivity contribution in [1.29, 1.82) is 0 Å². The van der Waals surface area contributed by atoms with Crippen molar-refractivity contribution in [3.63, 3.8) is 0 Å². The number of carboxylic acid groups (broad SMARTS) is 1. The van der Waals surface area contributed by atoms with E-state index in [0.29, 0.717) is 6.54 Å². The van der Waals surface area contributed by atoms with Crippen molar-refractivity contribution in [3.05, 3.63) is 41.5 Å². The van der Waals surface area contributed by atoms with E-state index in [0.717, 1.165) is 32.7 Å². The predicted molar refractivity (Wildman–Crippen MR) is 118 cm³/mol. The topological polar surface area (TPSA) is 104 Å². The number of thiazole rings is 1. The lowest BCUT2D eigenvalue weighted by Gasteiger charge is -1.95. The van der Waals surface area contributed by atoms with E-state index in [-0.39, 0.29) is 6.10 Å². The Morgan fingerprint density at radius 1 is 1.31 bits per heavy atom. The van der Waals surface area contributed by atoms with Gasteiger partial charge in [0, 0.05) is 32.5 Å². The number of ether oxygens (including phenoxy) is 1. The summed E-state index contributed by atoms with van der Waals surface area (Å²) in [7, 11) is 0. The molecule has 4 N–H and O–H groups in total. The lowest BCUT2D eigenvalue weighted by molar-refractivity contribution is 0.195. The lowest BCUT2D eigenvalue weighted by atomic mass is 10.1. The van der Waals surface area contributed by atoms with Gasteiger partial charge in [-0.05, 0) is 45.2 Å². The number of carbonyl (C=O) groups is 1. The SMILES string of the molecule is C1CCOC1.CCNC(=O)O.Cc1ccc(-c2cncs2)cc1.OC1CCNC1. The van der Waals surface area contributed by atoms with Crippen LogP contribution in [0.15, 0.2) is 36.0 Å². The van der Waals surface area contributed by atoms with Crippen LogP contribution in [0.1, 0.15) is 31.7 Å². The summed E-state index contributed by atoms with van der Waals surface area (Å²) in [5.41, 5.74) is 4.40. The molecule has 0 spiro atoms. The van der Waals surface area contributed by atoms with Gasteiger partial charge in [0.15, 0.2) is 0 Å². The van der Waals surface area contributed by atoms with E-state index in [2.05, 4.69) is 46.8 Å². The van der Waals surface area contributed by atoms with Crippen LogP contribution in [0.5, 0.6) is 0 Å². The molecule has 0 bridgehead atoms. The number of nitrogens with zero attached hydrogens (tertiary/aromatic N) is 1. The molecule has 29 heavy (non-hydrogen) atoms. The summed E-state index contributed by atoms with van der Waals surface area (Å²) in [6.07, 6.45) is 4.36. The normalized spacial score (nSPS) is 17.0. The first-order chi connectivity index (χ1) is 14.0. The fourth-order valence-corrected chi connectivity index (χ4v) is 3.01. The molecule has 162 valence electrons. The van der Waals surface area contributed by atoms with Gasteiger partial charge in [0.1, 0.15) is 0 Å². The van der Waals surface area contributed by atoms with Crippen molar-refractivity contribution < 1.29 is 19.7 Å². The van der Waals surface area contributed by atoms with Gasteiger partial charge < -0.3 is 25.6 Å². The molecule has 2 fully saturated rings. The summed E-state index contributed by atoms with van der Waals surface area (Å²) in [6.45, 7) is 8.08. The number of hydrogen-bond donors (Lipinski definition) is 4. The summed E-state index contributed by atoms with van der Waals surface area (Å²) in [6, 6.07) is 8.50. The highest BCUT2D eigenvalue weighted by Gasteiger charge is 2.08. The third kappa shape index (κ3) is 13.0. The van der Waals surface area contributed by atoms with Gasteiger partial charge in [0.2, 0.25) is 0 Å². The maximum absolute atomic E-state index is 9.49. The number of rotatable bonds is 2. The molecule has 2 aromatic rings. The van der Waals surface area contributed by atoms with Gasteiger partial charge in [0.05, 0.1) is 16.5 Å². The number of aromatic nitrogens is 1. The molecule has 1 aromatic carbocycles. The molecule has 1 unspecified atom stereocenters. The second kappa shape index (κ2) is 15.9. The molecule has 1 atom stereocenters. The zero-order chi connectivity index (χ0) is 21.3. The van der Waals surface area contributed by atoms with Crippen LogP contribution in [0.2, 0.25) is 0 Å². The second-order valence-corrected chi connectivity index (χ2v) is 7.42. The van der Waals surface area contributed by atoms with E-state index in [1.807, 2.05) is 11.7 Å². The van der Waals surface area contributed by atoms with E-state index in [1.54, 1.807) is 18.3 Å². The first-order valence-electron chi connectivity index (χ1n) is 9.91. The number of hydrogen-bond acceptors (Lipinski definition) is 6.